The van der Waals surface area contributed by atoms with E-state index >= 15 is 0 Å². The van der Waals surface area contributed by atoms with Crippen LogP contribution < -0.4 is 0 Å². The lowest BCUT2D eigenvalue weighted by atomic mass is 9.87. The van der Waals surface area contributed by atoms with Crippen LogP contribution >= 0.6 is 0 Å². The third kappa shape index (κ3) is 3.62. The molecule has 0 aliphatic carbocycles. The number of hydrogen-bond acceptors (Lipinski definition) is 4. The van der Waals surface area contributed by atoms with Crippen molar-refractivity contribution in [2.24, 2.45) is 5.41 Å². The van der Waals surface area contributed by atoms with Gasteiger partial charge in [0.05, 0.1) is 18.0 Å². The van der Waals surface area contributed by atoms with Crippen LogP contribution in [-0.4, -0.2) is 44.0 Å². The van der Waals surface area contributed by atoms with Crippen molar-refractivity contribution in [1.29, 1.82) is 0 Å². The molecule has 5 nitrogen and oxygen atoms in total. The maximum Gasteiger partial charge on any atom is 0.153 e. The van der Waals surface area contributed by atoms with Crippen molar-refractivity contribution < 1.29 is 5.11 Å². The fourth-order valence-corrected chi connectivity index (χ4v) is 3.37. The summed E-state index contributed by atoms with van der Waals surface area (Å²) in [7, 11) is 0. The Morgan fingerprint density at radius 3 is 2.87 bits per heavy atom. The van der Waals surface area contributed by atoms with Crippen molar-refractivity contribution >= 4 is 0 Å². The summed E-state index contributed by atoms with van der Waals surface area (Å²) in [6, 6.07) is 5.90. The topological polar surface area (TPSA) is 54.2 Å². The Labute approximate surface area is 138 Å². The van der Waals surface area contributed by atoms with Crippen LogP contribution in [0.2, 0.25) is 0 Å². The van der Waals surface area contributed by atoms with Crippen LogP contribution in [0.4, 0.5) is 0 Å². The zero-order valence-corrected chi connectivity index (χ0v) is 14.2. The second-order valence-electron chi connectivity index (χ2n) is 7.29. The van der Waals surface area contributed by atoms with Gasteiger partial charge in [-0.15, -0.1) is 0 Å². The van der Waals surface area contributed by atoms with E-state index in [9.17, 15) is 5.11 Å². The molecule has 5 heteroatoms. The molecule has 1 atom stereocenters. The number of hydrogen-bond donors (Lipinski definition) is 1. The highest BCUT2D eigenvalue weighted by atomic mass is 16.3. The molecule has 2 aromatic rings. The monoisotopic (exact) mass is 314 g/mol. The molecule has 0 unspecified atom stereocenters. The first-order valence-electron chi connectivity index (χ1n) is 8.36. The maximum atomic E-state index is 10.0. The number of rotatable bonds is 4. The maximum absolute atomic E-state index is 10.0. The van der Waals surface area contributed by atoms with Crippen molar-refractivity contribution in [3.8, 4) is 5.82 Å². The van der Waals surface area contributed by atoms with Crippen LogP contribution in [-0.2, 0) is 13.0 Å². The summed E-state index contributed by atoms with van der Waals surface area (Å²) >= 11 is 0. The third-order valence-corrected chi connectivity index (χ3v) is 4.45. The standard InChI is InChI=1S/C18H26N4O/c1-4-15(23)12-21-11-14-10-20-22(17-7-5-6-8-19-17)16(14)9-18(2,3)13-21/h5-8,10,15,23H,4,9,11-13H2,1-3H3/t15-/m1/s1. The highest BCUT2D eigenvalue weighted by Gasteiger charge is 2.31. The molecule has 1 aliphatic rings. The number of nitrogens with zero attached hydrogens (tertiary/aromatic N) is 4. The van der Waals surface area contributed by atoms with Gasteiger partial charge in [0, 0.05) is 31.4 Å². The molecule has 3 heterocycles. The SMILES string of the molecule is CC[C@@H](O)CN1Cc2cnn(-c3ccccn3)c2CC(C)(C)C1. The van der Waals surface area contributed by atoms with Gasteiger partial charge in [0.2, 0.25) is 0 Å². The molecule has 0 fully saturated rings. The summed E-state index contributed by atoms with van der Waals surface area (Å²) < 4.78 is 1.97. The van der Waals surface area contributed by atoms with Crippen molar-refractivity contribution in [2.45, 2.75) is 46.3 Å². The lowest BCUT2D eigenvalue weighted by Crippen LogP contribution is -2.37. The van der Waals surface area contributed by atoms with Gasteiger partial charge in [-0.1, -0.05) is 26.8 Å². The van der Waals surface area contributed by atoms with Gasteiger partial charge in [0.1, 0.15) is 0 Å². The van der Waals surface area contributed by atoms with Crippen LogP contribution in [0, 0.1) is 5.41 Å². The summed E-state index contributed by atoms with van der Waals surface area (Å²) in [6.45, 7) is 9.11. The van der Waals surface area contributed by atoms with E-state index in [-0.39, 0.29) is 11.5 Å². The van der Waals surface area contributed by atoms with Gasteiger partial charge in [0.25, 0.3) is 0 Å². The van der Waals surface area contributed by atoms with E-state index < -0.39 is 0 Å². The second-order valence-corrected chi connectivity index (χ2v) is 7.29. The Balaban J connectivity index is 1.93. The molecule has 0 spiro atoms. The van der Waals surface area contributed by atoms with E-state index in [0.717, 1.165) is 31.7 Å². The summed E-state index contributed by atoms with van der Waals surface area (Å²) in [5.41, 5.74) is 2.61. The Bertz CT molecular complexity index is 650. The predicted octanol–water partition coefficient (Wildman–Crippen LogP) is 2.42. The minimum Gasteiger partial charge on any atom is -0.392 e. The highest BCUT2D eigenvalue weighted by molar-refractivity contribution is 5.30. The lowest BCUT2D eigenvalue weighted by Gasteiger charge is -2.30. The number of aromatic nitrogens is 3. The van der Waals surface area contributed by atoms with E-state index in [1.807, 2.05) is 36.0 Å². The second kappa shape index (κ2) is 6.42. The van der Waals surface area contributed by atoms with Crippen LogP contribution in [0.15, 0.2) is 30.6 Å². The summed E-state index contributed by atoms with van der Waals surface area (Å²) in [5, 5.41) is 14.6. The molecule has 1 aliphatic heterocycles. The average molecular weight is 314 g/mol. The van der Waals surface area contributed by atoms with Gasteiger partial charge in [-0.3, -0.25) is 4.90 Å². The number of aliphatic hydroxyl groups excluding tert-OH is 1. The first-order valence-corrected chi connectivity index (χ1v) is 8.36. The number of β-amino-alcohol motifs (C(OH)–C–C–N with tert-alkyl or cyclic N) is 1. The number of fused-ring (bicyclic) bond motifs is 1. The predicted molar refractivity (Wildman–Crippen MR) is 90.4 cm³/mol. The molecule has 2 aromatic heterocycles. The van der Waals surface area contributed by atoms with E-state index in [1.165, 1.54) is 11.3 Å². The van der Waals surface area contributed by atoms with Gasteiger partial charge < -0.3 is 5.11 Å². The quantitative estimate of drug-likeness (QED) is 0.941. The van der Waals surface area contributed by atoms with Crippen LogP contribution in [0.1, 0.15) is 38.4 Å². The van der Waals surface area contributed by atoms with Gasteiger partial charge >= 0.3 is 0 Å². The minimum atomic E-state index is -0.266. The normalized spacial score (nSPS) is 19.1. The molecule has 124 valence electrons. The van der Waals surface area contributed by atoms with Gasteiger partial charge in [0.15, 0.2) is 5.82 Å². The number of pyridine rings is 1. The fraction of sp³-hybridized carbons (Fsp3) is 0.556. The summed E-state index contributed by atoms with van der Waals surface area (Å²) in [4.78, 5) is 6.79. The van der Waals surface area contributed by atoms with Gasteiger partial charge in [-0.2, -0.15) is 5.10 Å². The van der Waals surface area contributed by atoms with Gasteiger partial charge in [-0.25, -0.2) is 9.67 Å². The van der Waals surface area contributed by atoms with Gasteiger partial charge in [-0.05, 0) is 30.4 Å². The molecular weight excluding hydrogens is 288 g/mol. The lowest BCUT2D eigenvalue weighted by molar-refractivity contribution is 0.0849. The molecule has 0 saturated carbocycles. The molecule has 0 aromatic carbocycles. The van der Waals surface area contributed by atoms with E-state index in [0.29, 0.717) is 6.54 Å². The van der Waals surface area contributed by atoms with Crippen LogP contribution in [0.3, 0.4) is 0 Å². The number of aliphatic hydroxyl groups is 1. The molecule has 0 bridgehead atoms. The minimum absolute atomic E-state index is 0.130. The molecule has 3 rings (SSSR count). The van der Waals surface area contributed by atoms with Crippen molar-refractivity contribution in [2.75, 3.05) is 13.1 Å². The first-order chi connectivity index (χ1) is 11.0. The van der Waals surface area contributed by atoms with Crippen molar-refractivity contribution in [3.05, 3.63) is 41.9 Å². The van der Waals surface area contributed by atoms with Crippen molar-refractivity contribution in [1.82, 2.24) is 19.7 Å². The van der Waals surface area contributed by atoms with Crippen molar-refractivity contribution in [3.63, 3.8) is 0 Å². The Morgan fingerprint density at radius 2 is 2.17 bits per heavy atom. The smallest absolute Gasteiger partial charge is 0.153 e. The molecular formula is C18H26N4O. The summed E-state index contributed by atoms with van der Waals surface area (Å²) in [5.74, 6) is 0.867. The van der Waals surface area contributed by atoms with Crippen LogP contribution in [0.5, 0.6) is 0 Å². The molecule has 0 amide bonds. The molecule has 23 heavy (non-hydrogen) atoms. The largest absolute Gasteiger partial charge is 0.392 e. The van der Waals surface area contributed by atoms with Crippen LogP contribution in [0.25, 0.3) is 5.82 Å². The Kier molecular flexibility index (Phi) is 4.50. The third-order valence-electron chi connectivity index (χ3n) is 4.45. The Morgan fingerprint density at radius 1 is 1.35 bits per heavy atom. The molecule has 1 N–H and O–H groups in total. The fourth-order valence-electron chi connectivity index (χ4n) is 3.37. The highest BCUT2D eigenvalue weighted by Crippen LogP contribution is 2.31. The Hall–Kier alpha value is -1.72. The zero-order valence-electron chi connectivity index (χ0n) is 14.2. The van der Waals surface area contributed by atoms with E-state index in [1.54, 1.807) is 6.20 Å². The van der Waals surface area contributed by atoms with E-state index in [4.69, 9.17) is 0 Å². The van der Waals surface area contributed by atoms with E-state index in [2.05, 4.69) is 28.8 Å². The molecule has 0 radical (unpaired) electrons. The average Bonchev–Trinajstić information content (AvgIpc) is 2.83. The molecule has 0 saturated heterocycles. The summed E-state index contributed by atoms with van der Waals surface area (Å²) in [6.07, 6.45) is 5.23. The first kappa shape index (κ1) is 16.1. The zero-order chi connectivity index (χ0) is 16.4.